The van der Waals surface area contributed by atoms with E-state index in [0.29, 0.717) is 29.6 Å². The Kier molecular flexibility index (Phi) is 7.32. The quantitative estimate of drug-likeness (QED) is 0.357. The number of aromatic nitrogens is 1. The third-order valence-corrected chi connectivity index (χ3v) is 6.27. The second kappa shape index (κ2) is 10.6. The largest absolute Gasteiger partial charge is 0.431 e. The summed E-state index contributed by atoms with van der Waals surface area (Å²) in [5.41, 5.74) is 1.81. The number of nitrogens with one attached hydrogen (secondary N) is 1. The maximum atomic E-state index is 12.7. The maximum absolute atomic E-state index is 12.7. The molecule has 1 aromatic heterocycles. The first kappa shape index (κ1) is 22.2. The smallest absolute Gasteiger partial charge is 0.291 e. The molecule has 6 heteroatoms. The van der Waals surface area contributed by atoms with E-state index in [1.54, 1.807) is 12.1 Å². The predicted octanol–water partition coefficient (Wildman–Crippen LogP) is 5.07. The molecule has 1 saturated heterocycles. The van der Waals surface area contributed by atoms with E-state index in [9.17, 15) is 9.59 Å². The molecular weight excluding hydrogens is 402 g/mol. The van der Waals surface area contributed by atoms with E-state index < -0.39 is 0 Å². The van der Waals surface area contributed by atoms with Crippen molar-refractivity contribution < 1.29 is 14.3 Å². The number of fused-ring (bicyclic) bond motifs is 1. The van der Waals surface area contributed by atoms with Gasteiger partial charge in [0.05, 0.1) is 0 Å². The molecule has 1 unspecified atom stereocenters. The number of unbranched alkanes of at least 4 members (excludes halogenated alkanes) is 1. The van der Waals surface area contributed by atoms with Crippen LogP contribution in [0.3, 0.4) is 0 Å². The van der Waals surface area contributed by atoms with Crippen LogP contribution in [-0.4, -0.2) is 40.7 Å². The number of carbonyl (C=O) groups is 2. The van der Waals surface area contributed by atoms with Crippen LogP contribution in [0.2, 0.25) is 0 Å². The Bertz CT molecular complexity index is 987. The number of carbonyl (C=O) groups excluding carboxylic acids is 2. The van der Waals surface area contributed by atoms with Gasteiger partial charge in [-0.1, -0.05) is 43.7 Å². The summed E-state index contributed by atoms with van der Waals surface area (Å²) >= 11 is 0. The highest BCUT2D eigenvalue weighted by Crippen LogP contribution is 2.30. The number of Topliss-reactive ketones (excluding diaryl/α,β-unsaturated/α-hetero) is 1. The first-order valence-corrected chi connectivity index (χ1v) is 11.7. The number of hydrogen-bond acceptors (Lipinski definition) is 5. The topological polar surface area (TPSA) is 71.5 Å². The van der Waals surface area contributed by atoms with E-state index in [1.165, 1.54) is 38.4 Å². The zero-order valence-corrected chi connectivity index (χ0v) is 18.7. The van der Waals surface area contributed by atoms with Crippen molar-refractivity contribution in [3.8, 4) is 5.88 Å². The lowest BCUT2D eigenvalue weighted by Gasteiger charge is -2.35. The summed E-state index contributed by atoms with van der Waals surface area (Å²) in [4.78, 5) is 32.0. The van der Waals surface area contributed by atoms with Gasteiger partial charge < -0.3 is 15.0 Å². The summed E-state index contributed by atoms with van der Waals surface area (Å²) < 4.78 is 5.69. The van der Waals surface area contributed by atoms with E-state index in [-0.39, 0.29) is 17.4 Å². The highest BCUT2D eigenvalue weighted by Gasteiger charge is 2.24. The van der Waals surface area contributed by atoms with Crippen LogP contribution in [0, 0.1) is 0 Å². The molecule has 4 rings (SSSR count). The molecule has 1 fully saturated rings. The van der Waals surface area contributed by atoms with E-state index >= 15 is 0 Å². The molecule has 2 aliphatic rings. The van der Waals surface area contributed by atoms with Crippen molar-refractivity contribution in [3.05, 3.63) is 59.5 Å². The summed E-state index contributed by atoms with van der Waals surface area (Å²) in [5, 5.41) is 2.79. The zero-order valence-electron chi connectivity index (χ0n) is 18.7. The van der Waals surface area contributed by atoms with Gasteiger partial charge in [0.25, 0.3) is 5.91 Å². The van der Waals surface area contributed by atoms with Crippen LogP contribution in [-0.2, 0) is 4.79 Å². The van der Waals surface area contributed by atoms with Gasteiger partial charge in [0.15, 0.2) is 11.5 Å². The fourth-order valence-electron chi connectivity index (χ4n) is 4.47. The molecule has 0 aliphatic carbocycles. The third kappa shape index (κ3) is 5.43. The first-order chi connectivity index (χ1) is 15.6. The van der Waals surface area contributed by atoms with Crippen molar-refractivity contribution in [1.82, 2.24) is 9.88 Å². The number of likely N-dealkylation sites (tertiary alicyclic amines) is 1. The molecule has 6 nitrogen and oxygen atoms in total. The van der Waals surface area contributed by atoms with Gasteiger partial charge in [-0.3, -0.25) is 9.59 Å². The lowest BCUT2D eigenvalue weighted by Crippen LogP contribution is -2.39. The van der Waals surface area contributed by atoms with Crippen LogP contribution in [0.15, 0.2) is 48.4 Å². The second-order valence-electron chi connectivity index (χ2n) is 8.53. The lowest BCUT2D eigenvalue weighted by atomic mass is 9.99. The third-order valence-electron chi connectivity index (χ3n) is 6.27. The molecular formula is C26H31N3O3. The standard InChI is InChI=1S/C26H31N3O3/c1-2-21-12-6-8-14-29(21)15-9-7-13-23(30)20-17-22-26(27-18-20)32-24(25(31)28-22)16-19-10-4-3-5-11-19/h3-5,10-11,16-18,21H,2,6-9,12-15H2,1H3,(H,28,31)/b24-16-. The predicted molar refractivity (Wildman–Crippen MR) is 126 cm³/mol. The lowest BCUT2D eigenvalue weighted by molar-refractivity contribution is -0.115. The summed E-state index contributed by atoms with van der Waals surface area (Å²) in [7, 11) is 0. The highest BCUT2D eigenvalue weighted by atomic mass is 16.5. The van der Waals surface area contributed by atoms with Crippen LogP contribution in [0.5, 0.6) is 5.88 Å². The number of benzene rings is 1. The number of anilines is 1. The minimum Gasteiger partial charge on any atom is -0.431 e. The Balaban J connectivity index is 1.32. The average Bonchev–Trinajstić information content (AvgIpc) is 2.82. The minimum absolute atomic E-state index is 0.0471. The van der Waals surface area contributed by atoms with Crippen molar-refractivity contribution in [3.63, 3.8) is 0 Å². The Hall–Kier alpha value is -2.99. The van der Waals surface area contributed by atoms with Gasteiger partial charge in [0.2, 0.25) is 5.88 Å². The summed E-state index contributed by atoms with van der Waals surface area (Å²) in [5.74, 6) is 0.183. The molecule has 32 heavy (non-hydrogen) atoms. The van der Waals surface area contributed by atoms with Gasteiger partial charge >= 0.3 is 0 Å². The number of pyridine rings is 1. The fourth-order valence-corrected chi connectivity index (χ4v) is 4.47. The highest BCUT2D eigenvalue weighted by molar-refractivity contribution is 6.08. The molecule has 0 spiro atoms. The number of amides is 1. The Morgan fingerprint density at radius 1 is 1.25 bits per heavy atom. The maximum Gasteiger partial charge on any atom is 0.291 e. The second-order valence-corrected chi connectivity index (χ2v) is 8.53. The number of ether oxygens (including phenoxy) is 1. The molecule has 168 valence electrons. The van der Waals surface area contributed by atoms with E-state index in [2.05, 4.69) is 22.1 Å². The number of piperidine rings is 1. The van der Waals surface area contributed by atoms with Crippen LogP contribution in [0.1, 0.15) is 67.8 Å². The Labute approximate surface area is 189 Å². The van der Waals surface area contributed by atoms with Crippen molar-refractivity contribution in [2.75, 3.05) is 18.4 Å². The molecule has 0 radical (unpaired) electrons. The number of hydrogen-bond donors (Lipinski definition) is 1. The Morgan fingerprint density at radius 2 is 2.09 bits per heavy atom. The molecule has 1 N–H and O–H groups in total. The summed E-state index contributed by atoms with van der Waals surface area (Å²) in [6, 6.07) is 11.9. The number of rotatable bonds is 8. The van der Waals surface area contributed by atoms with Gasteiger partial charge in [-0.15, -0.1) is 0 Å². The molecule has 1 aromatic carbocycles. The first-order valence-electron chi connectivity index (χ1n) is 11.7. The molecule has 0 saturated carbocycles. The van der Waals surface area contributed by atoms with E-state index in [1.807, 2.05) is 30.3 Å². The van der Waals surface area contributed by atoms with Crippen molar-refractivity contribution in [2.24, 2.45) is 0 Å². The van der Waals surface area contributed by atoms with Crippen molar-refractivity contribution >= 4 is 23.5 Å². The molecule has 0 bridgehead atoms. The molecule has 1 amide bonds. The van der Waals surface area contributed by atoms with Gasteiger partial charge in [-0.05, 0) is 62.9 Å². The minimum atomic E-state index is -0.347. The van der Waals surface area contributed by atoms with Crippen molar-refractivity contribution in [1.29, 1.82) is 0 Å². The monoisotopic (exact) mass is 433 g/mol. The van der Waals surface area contributed by atoms with Gasteiger partial charge in [0, 0.05) is 24.2 Å². The summed E-state index contributed by atoms with van der Waals surface area (Å²) in [6.45, 7) is 4.51. The summed E-state index contributed by atoms with van der Waals surface area (Å²) in [6.07, 6.45) is 10.7. The molecule has 3 heterocycles. The Morgan fingerprint density at radius 3 is 2.91 bits per heavy atom. The van der Waals surface area contributed by atoms with E-state index in [4.69, 9.17) is 4.74 Å². The van der Waals surface area contributed by atoms with Gasteiger partial charge in [0.1, 0.15) is 5.69 Å². The average molecular weight is 434 g/mol. The number of nitrogens with zero attached hydrogens (tertiary/aromatic N) is 2. The molecule has 2 aliphatic heterocycles. The molecule has 2 aromatic rings. The van der Waals surface area contributed by atoms with Crippen molar-refractivity contribution in [2.45, 2.75) is 57.9 Å². The van der Waals surface area contributed by atoms with Gasteiger partial charge in [-0.2, -0.15) is 0 Å². The molecule has 1 atom stereocenters. The SMILES string of the molecule is CCC1CCCCN1CCCCC(=O)c1cnc2c(c1)NC(=O)/C(=C/c1ccccc1)O2. The van der Waals surface area contributed by atoms with Gasteiger partial charge in [-0.25, -0.2) is 4.98 Å². The zero-order chi connectivity index (χ0) is 22.3. The number of ketones is 1. The van der Waals surface area contributed by atoms with Crippen LogP contribution in [0.4, 0.5) is 5.69 Å². The van der Waals surface area contributed by atoms with E-state index in [0.717, 1.165) is 24.9 Å². The normalized spacial score (nSPS) is 19.8. The fraction of sp³-hybridized carbons (Fsp3) is 0.423. The van der Waals surface area contributed by atoms with Crippen LogP contribution >= 0.6 is 0 Å². The van der Waals surface area contributed by atoms with Crippen LogP contribution < -0.4 is 10.1 Å². The van der Waals surface area contributed by atoms with Crippen LogP contribution in [0.25, 0.3) is 6.08 Å².